The minimum Gasteiger partial charge on any atom is -0.383 e. The van der Waals surface area contributed by atoms with Crippen molar-refractivity contribution in [3.8, 4) is 0 Å². The summed E-state index contributed by atoms with van der Waals surface area (Å²) in [5.74, 6) is 3.13. The average molecular weight is 395 g/mol. The highest BCUT2D eigenvalue weighted by atomic mass is 32.2. The predicted octanol–water partition coefficient (Wildman–Crippen LogP) is 2.13. The molecule has 0 saturated carbocycles. The molecule has 0 aliphatic heterocycles. The van der Waals surface area contributed by atoms with E-state index in [-0.39, 0.29) is 5.82 Å². The van der Waals surface area contributed by atoms with E-state index in [1.54, 1.807) is 31.0 Å². The highest BCUT2D eigenvalue weighted by Gasteiger charge is 2.05. The van der Waals surface area contributed by atoms with Crippen LogP contribution in [0.4, 0.5) is 4.39 Å². The van der Waals surface area contributed by atoms with E-state index in [2.05, 4.69) is 25.8 Å². The maximum atomic E-state index is 12.9. The van der Waals surface area contributed by atoms with Crippen LogP contribution in [-0.2, 0) is 18.3 Å². The first-order valence-electron chi connectivity index (χ1n) is 8.84. The lowest BCUT2D eigenvalue weighted by Gasteiger charge is -2.12. The van der Waals surface area contributed by atoms with Gasteiger partial charge in [0.05, 0.1) is 6.61 Å². The molecule has 0 aliphatic rings. The van der Waals surface area contributed by atoms with Gasteiger partial charge in [0.2, 0.25) is 0 Å². The van der Waals surface area contributed by atoms with Crippen molar-refractivity contribution in [1.29, 1.82) is 0 Å². The predicted molar refractivity (Wildman–Crippen MR) is 107 cm³/mol. The smallest absolute Gasteiger partial charge is 0.191 e. The summed E-state index contributed by atoms with van der Waals surface area (Å²) in [6, 6.07) is 6.57. The van der Waals surface area contributed by atoms with Crippen molar-refractivity contribution in [2.45, 2.75) is 24.8 Å². The zero-order chi connectivity index (χ0) is 19.5. The third kappa shape index (κ3) is 7.56. The molecule has 9 heteroatoms. The molecule has 2 rings (SSSR count). The van der Waals surface area contributed by atoms with Crippen molar-refractivity contribution in [2.24, 2.45) is 12.0 Å². The Hall–Kier alpha value is -2.13. The number of nitrogens with one attached hydrogen (secondary N) is 2. The highest BCUT2D eigenvalue weighted by Crippen LogP contribution is 2.18. The van der Waals surface area contributed by atoms with Gasteiger partial charge in [0.25, 0.3) is 0 Å². The molecule has 1 aromatic heterocycles. The normalized spacial score (nSPS) is 11.6. The molecule has 0 spiro atoms. The quantitative estimate of drug-likeness (QED) is 0.278. The van der Waals surface area contributed by atoms with Gasteiger partial charge in [0, 0.05) is 32.1 Å². The van der Waals surface area contributed by atoms with Crippen molar-refractivity contribution in [3.63, 3.8) is 0 Å². The maximum Gasteiger partial charge on any atom is 0.191 e. The Morgan fingerprint density at radius 2 is 1.96 bits per heavy atom. The van der Waals surface area contributed by atoms with Gasteiger partial charge in [-0.3, -0.25) is 0 Å². The molecule has 1 heterocycles. The van der Waals surface area contributed by atoms with E-state index >= 15 is 0 Å². The Balaban J connectivity index is 1.78. The molecule has 2 aromatic rings. The van der Waals surface area contributed by atoms with Gasteiger partial charge < -0.3 is 19.9 Å². The van der Waals surface area contributed by atoms with E-state index in [0.717, 1.165) is 41.2 Å². The van der Waals surface area contributed by atoms with Gasteiger partial charge in [-0.15, -0.1) is 22.0 Å². The molecule has 0 saturated heterocycles. The number of nitrogens with zero attached hydrogens (tertiary/aromatic N) is 4. The number of methoxy groups -OCH3 is 1. The van der Waals surface area contributed by atoms with Crippen LogP contribution in [0.5, 0.6) is 0 Å². The Kier molecular flexibility index (Phi) is 9.06. The fourth-order valence-corrected chi connectivity index (χ4v) is 3.04. The molecule has 0 unspecified atom stereocenters. The number of hydrogen-bond acceptors (Lipinski definition) is 5. The second-order valence-corrected chi connectivity index (χ2v) is 7.06. The largest absolute Gasteiger partial charge is 0.383 e. The van der Waals surface area contributed by atoms with Gasteiger partial charge in [-0.1, -0.05) is 0 Å². The standard InChI is InChI=1S/C18H27FN6OS/c1-14-23-24-17(25(14)2)13-22-18(21-10-11-26-3)20-9-4-12-27-16-7-5-15(19)6-8-16/h5-8H,4,9-13H2,1-3H3,(H2,20,21,22). The number of guanidine groups is 1. The van der Waals surface area contributed by atoms with Crippen molar-refractivity contribution in [2.75, 3.05) is 32.6 Å². The number of thioether (sulfide) groups is 1. The average Bonchev–Trinajstić information content (AvgIpc) is 2.99. The number of aliphatic imine (C=N–C) groups is 1. The Morgan fingerprint density at radius 3 is 2.63 bits per heavy atom. The minimum atomic E-state index is -0.206. The van der Waals surface area contributed by atoms with Gasteiger partial charge in [0.1, 0.15) is 18.2 Å². The maximum absolute atomic E-state index is 12.9. The fourth-order valence-electron chi connectivity index (χ4n) is 2.18. The van der Waals surface area contributed by atoms with Crippen LogP contribution in [0.15, 0.2) is 34.2 Å². The summed E-state index contributed by atoms with van der Waals surface area (Å²) in [4.78, 5) is 5.64. The summed E-state index contributed by atoms with van der Waals surface area (Å²) in [6.07, 6.45) is 0.954. The van der Waals surface area contributed by atoms with E-state index in [4.69, 9.17) is 4.74 Å². The molecule has 0 amide bonds. The van der Waals surface area contributed by atoms with Crippen molar-refractivity contribution < 1.29 is 9.13 Å². The van der Waals surface area contributed by atoms with E-state index in [1.165, 1.54) is 12.1 Å². The summed E-state index contributed by atoms with van der Waals surface area (Å²) in [6.45, 7) is 4.42. The fraction of sp³-hybridized carbons (Fsp3) is 0.500. The first-order chi connectivity index (χ1) is 13.1. The first kappa shape index (κ1) is 21.2. The Bertz CT molecular complexity index is 719. The second kappa shape index (κ2) is 11.6. The number of aryl methyl sites for hydroxylation is 1. The lowest BCUT2D eigenvalue weighted by atomic mass is 10.4. The van der Waals surface area contributed by atoms with Crippen LogP contribution < -0.4 is 10.6 Å². The van der Waals surface area contributed by atoms with E-state index in [0.29, 0.717) is 19.7 Å². The van der Waals surface area contributed by atoms with Crippen LogP contribution >= 0.6 is 11.8 Å². The first-order valence-corrected chi connectivity index (χ1v) is 9.83. The molecule has 0 atom stereocenters. The summed E-state index contributed by atoms with van der Waals surface area (Å²) in [5, 5.41) is 14.7. The highest BCUT2D eigenvalue weighted by molar-refractivity contribution is 7.99. The number of ether oxygens (including phenoxy) is 1. The molecule has 1 aromatic carbocycles. The molecule has 0 bridgehead atoms. The molecule has 2 N–H and O–H groups in total. The SMILES string of the molecule is COCCNC(=NCc1nnc(C)n1C)NCCCSc1ccc(F)cc1. The molecule has 27 heavy (non-hydrogen) atoms. The number of benzene rings is 1. The van der Waals surface area contributed by atoms with Crippen LogP contribution in [0, 0.1) is 12.7 Å². The molecule has 148 valence electrons. The van der Waals surface area contributed by atoms with Crippen LogP contribution in [-0.4, -0.2) is 53.3 Å². The van der Waals surface area contributed by atoms with Crippen molar-refractivity contribution >= 4 is 17.7 Å². The molecule has 0 aliphatic carbocycles. The monoisotopic (exact) mass is 394 g/mol. The Labute approximate surface area is 163 Å². The second-order valence-electron chi connectivity index (χ2n) is 5.89. The lowest BCUT2D eigenvalue weighted by molar-refractivity contribution is 0.203. The zero-order valence-corrected chi connectivity index (χ0v) is 16.9. The van der Waals surface area contributed by atoms with E-state index < -0.39 is 0 Å². The van der Waals surface area contributed by atoms with Crippen LogP contribution in [0.25, 0.3) is 0 Å². The van der Waals surface area contributed by atoms with Gasteiger partial charge in [-0.05, 0) is 43.4 Å². The van der Waals surface area contributed by atoms with Gasteiger partial charge in [-0.25, -0.2) is 9.38 Å². The molecule has 0 radical (unpaired) electrons. The summed E-state index contributed by atoms with van der Waals surface area (Å²) in [5.41, 5.74) is 0. The molecular formula is C18H27FN6OS. The van der Waals surface area contributed by atoms with Gasteiger partial charge in [0.15, 0.2) is 11.8 Å². The van der Waals surface area contributed by atoms with Crippen molar-refractivity contribution in [1.82, 2.24) is 25.4 Å². The summed E-state index contributed by atoms with van der Waals surface area (Å²) in [7, 11) is 3.60. The minimum absolute atomic E-state index is 0.206. The van der Waals surface area contributed by atoms with E-state index in [9.17, 15) is 4.39 Å². The lowest BCUT2D eigenvalue weighted by Crippen LogP contribution is -2.39. The van der Waals surface area contributed by atoms with E-state index in [1.807, 2.05) is 18.5 Å². The third-order valence-electron chi connectivity index (χ3n) is 3.86. The summed E-state index contributed by atoms with van der Waals surface area (Å²) < 4.78 is 19.9. The number of hydrogen-bond donors (Lipinski definition) is 2. The molecule has 7 nitrogen and oxygen atoms in total. The molecule has 0 fully saturated rings. The van der Waals surface area contributed by atoms with Crippen LogP contribution in [0.3, 0.4) is 0 Å². The van der Waals surface area contributed by atoms with Crippen LogP contribution in [0.2, 0.25) is 0 Å². The van der Waals surface area contributed by atoms with Crippen LogP contribution in [0.1, 0.15) is 18.1 Å². The topological polar surface area (TPSA) is 76.4 Å². The summed E-state index contributed by atoms with van der Waals surface area (Å²) >= 11 is 1.71. The number of rotatable bonds is 10. The third-order valence-corrected chi connectivity index (χ3v) is 4.95. The Morgan fingerprint density at radius 1 is 1.22 bits per heavy atom. The van der Waals surface area contributed by atoms with Gasteiger partial charge in [-0.2, -0.15) is 0 Å². The number of aromatic nitrogens is 3. The zero-order valence-electron chi connectivity index (χ0n) is 16.0. The number of halogens is 1. The molecular weight excluding hydrogens is 367 g/mol. The van der Waals surface area contributed by atoms with Gasteiger partial charge >= 0.3 is 0 Å². The van der Waals surface area contributed by atoms with Crippen molar-refractivity contribution in [3.05, 3.63) is 41.7 Å².